The number of unbranched alkanes of at least 4 members (excludes halogenated alkanes) is 15. The zero-order chi connectivity index (χ0) is 50.0. The van der Waals surface area contributed by atoms with Crippen LogP contribution >= 0.6 is 0 Å². The van der Waals surface area contributed by atoms with Crippen molar-refractivity contribution in [3.8, 4) is 0 Å². The zero-order valence-electron chi connectivity index (χ0n) is 44.3. The van der Waals surface area contributed by atoms with Crippen LogP contribution in [0.3, 0.4) is 0 Å². The lowest BCUT2D eigenvalue weighted by Gasteiger charge is -2.18. The molecule has 1 atom stereocenters. The van der Waals surface area contributed by atoms with E-state index in [4.69, 9.17) is 14.2 Å². The topological polar surface area (TPSA) is 78.9 Å². The third-order valence-corrected chi connectivity index (χ3v) is 11.1. The Morgan fingerprint density at radius 2 is 0.580 bits per heavy atom. The molecule has 0 fully saturated rings. The monoisotopic (exact) mass is 953 g/mol. The van der Waals surface area contributed by atoms with Crippen LogP contribution in [0, 0.1) is 0 Å². The Balaban J connectivity index is 4.57. The van der Waals surface area contributed by atoms with E-state index in [0.717, 1.165) is 135 Å². The lowest BCUT2D eigenvalue weighted by molar-refractivity contribution is -0.167. The molecule has 0 unspecified atom stereocenters. The fourth-order valence-electron chi connectivity index (χ4n) is 7.03. The molecule has 0 rings (SSSR count). The van der Waals surface area contributed by atoms with Gasteiger partial charge in [0.1, 0.15) is 13.2 Å². The summed E-state index contributed by atoms with van der Waals surface area (Å²) in [7, 11) is 0. The summed E-state index contributed by atoms with van der Waals surface area (Å²) in [6, 6.07) is 0. The van der Waals surface area contributed by atoms with Gasteiger partial charge in [0.05, 0.1) is 0 Å². The number of rotatable bonds is 48. The normalized spacial score (nSPS) is 13.1. The molecule has 0 spiro atoms. The molecule has 69 heavy (non-hydrogen) atoms. The van der Waals surface area contributed by atoms with E-state index < -0.39 is 6.10 Å². The summed E-state index contributed by atoms with van der Waals surface area (Å²) in [5.74, 6) is -1.03. The second-order valence-electron chi connectivity index (χ2n) is 17.7. The Kier molecular flexibility index (Phi) is 52.5. The highest BCUT2D eigenvalue weighted by Crippen LogP contribution is 2.12. The second kappa shape index (κ2) is 56.1. The van der Waals surface area contributed by atoms with E-state index in [1.54, 1.807) is 0 Å². The molecule has 0 N–H and O–H groups in total. The minimum Gasteiger partial charge on any atom is -0.462 e. The van der Waals surface area contributed by atoms with Gasteiger partial charge in [-0.05, 0) is 128 Å². The largest absolute Gasteiger partial charge is 0.462 e. The molecule has 0 bridgehead atoms. The highest BCUT2D eigenvalue weighted by Gasteiger charge is 2.19. The first-order chi connectivity index (χ1) is 34.0. The summed E-state index contributed by atoms with van der Waals surface area (Å²) in [5, 5.41) is 0. The van der Waals surface area contributed by atoms with Gasteiger partial charge in [0, 0.05) is 19.3 Å². The molecule has 6 nitrogen and oxygen atoms in total. The van der Waals surface area contributed by atoms with Crippen LogP contribution in [0.5, 0.6) is 0 Å². The fraction of sp³-hybridized carbons (Fsp3) is 0.603. The van der Waals surface area contributed by atoms with Crippen LogP contribution in [0.2, 0.25) is 0 Å². The van der Waals surface area contributed by atoms with Gasteiger partial charge in [0.25, 0.3) is 0 Å². The van der Waals surface area contributed by atoms with E-state index in [-0.39, 0.29) is 44.0 Å². The molecule has 0 saturated heterocycles. The SMILES string of the molecule is CC/C=C\C/C=C\C/C=C\C/C=C\C/C=C\CCCCCC(=O)OC[C@H](COC(=O)CCC/C=C\C/C=C\C/C=C\CCCCCCCC)OC(=O)CCCCCCC/C=C\C/C=C\C/C=C\CC. The maximum Gasteiger partial charge on any atom is 0.306 e. The van der Waals surface area contributed by atoms with E-state index in [0.29, 0.717) is 12.8 Å². The smallest absolute Gasteiger partial charge is 0.306 e. The van der Waals surface area contributed by atoms with Crippen molar-refractivity contribution in [2.75, 3.05) is 13.2 Å². The van der Waals surface area contributed by atoms with E-state index >= 15 is 0 Å². The summed E-state index contributed by atoms with van der Waals surface area (Å²) in [4.78, 5) is 38.1. The molecule has 388 valence electrons. The van der Waals surface area contributed by atoms with Crippen molar-refractivity contribution < 1.29 is 28.6 Å². The molecule has 0 aromatic carbocycles. The number of ether oxygens (including phenoxy) is 3. The third-order valence-electron chi connectivity index (χ3n) is 11.1. The number of hydrogen-bond donors (Lipinski definition) is 0. The van der Waals surface area contributed by atoms with Crippen molar-refractivity contribution >= 4 is 17.9 Å². The Morgan fingerprint density at radius 1 is 0.304 bits per heavy atom. The Bertz CT molecular complexity index is 1510. The maximum atomic E-state index is 12.8. The quantitative estimate of drug-likeness (QED) is 0.0262. The van der Waals surface area contributed by atoms with Crippen molar-refractivity contribution in [2.45, 2.75) is 232 Å². The Hall–Kier alpha value is -4.45. The van der Waals surface area contributed by atoms with Crippen LogP contribution in [-0.2, 0) is 28.6 Å². The molecule has 0 aliphatic heterocycles. The molecule has 0 aliphatic rings. The van der Waals surface area contributed by atoms with Crippen molar-refractivity contribution in [1.82, 2.24) is 0 Å². The van der Waals surface area contributed by atoms with Crippen molar-refractivity contribution in [1.29, 1.82) is 0 Å². The highest BCUT2D eigenvalue weighted by atomic mass is 16.6. The molecule has 0 aliphatic carbocycles. The standard InChI is InChI=1S/C63H100O6/c1-4-7-10-13-16-19-22-25-28-30-31-33-36-38-41-44-47-50-53-56-62(65)68-59-60(69-63(66)57-54-51-48-45-42-39-34-27-24-21-18-15-12-9-6-3)58-67-61(64)55-52-49-46-43-40-37-35-32-29-26-23-20-17-14-11-8-5-2/h7,9-10,12,16,18-19,21,25-29,31,33-35,37-38,41,43,46,60H,4-6,8,11,13-15,17,20,22-24,30,32,36,39-40,42,44-45,47-59H2,1-3H3/b10-7-,12-9-,19-16-,21-18-,28-25-,29-26-,33-31-,34-27-,37-35-,41-38-,46-43-/t60-/m0/s1. The Labute approximate surface area is 424 Å². The van der Waals surface area contributed by atoms with Gasteiger partial charge in [0.15, 0.2) is 6.10 Å². The number of allylic oxidation sites excluding steroid dienone is 22. The first kappa shape index (κ1) is 64.5. The molecular formula is C63H100O6. The van der Waals surface area contributed by atoms with Crippen LogP contribution in [-0.4, -0.2) is 37.2 Å². The molecule has 0 amide bonds. The summed E-state index contributed by atoms with van der Waals surface area (Å²) >= 11 is 0. The predicted molar refractivity (Wildman–Crippen MR) is 297 cm³/mol. The van der Waals surface area contributed by atoms with Gasteiger partial charge in [0.2, 0.25) is 0 Å². The third kappa shape index (κ3) is 54.4. The van der Waals surface area contributed by atoms with Gasteiger partial charge in [-0.1, -0.05) is 212 Å². The Morgan fingerprint density at radius 3 is 0.957 bits per heavy atom. The minimum atomic E-state index is -0.827. The number of hydrogen-bond acceptors (Lipinski definition) is 6. The van der Waals surface area contributed by atoms with Gasteiger partial charge in [-0.3, -0.25) is 14.4 Å². The maximum absolute atomic E-state index is 12.8. The summed E-state index contributed by atoms with van der Waals surface area (Å²) < 4.78 is 16.8. The van der Waals surface area contributed by atoms with Crippen molar-refractivity contribution in [3.63, 3.8) is 0 Å². The first-order valence-electron chi connectivity index (χ1n) is 27.7. The highest BCUT2D eigenvalue weighted by molar-refractivity contribution is 5.71. The second-order valence-corrected chi connectivity index (χ2v) is 17.7. The van der Waals surface area contributed by atoms with Gasteiger partial charge in [-0.25, -0.2) is 0 Å². The van der Waals surface area contributed by atoms with E-state index in [2.05, 4.69) is 154 Å². The predicted octanol–water partition coefficient (Wildman–Crippen LogP) is 18.6. The average molecular weight is 953 g/mol. The first-order valence-corrected chi connectivity index (χ1v) is 27.7. The van der Waals surface area contributed by atoms with Crippen LogP contribution in [0.1, 0.15) is 226 Å². The number of carbonyl (C=O) groups excluding carboxylic acids is 3. The summed E-state index contributed by atoms with van der Waals surface area (Å²) in [5.41, 5.74) is 0. The van der Waals surface area contributed by atoms with E-state index in [1.165, 1.54) is 44.9 Å². The summed E-state index contributed by atoms with van der Waals surface area (Å²) in [6.07, 6.45) is 78.7. The molecule has 0 aromatic heterocycles. The average Bonchev–Trinajstić information content (AvgIpc) is 3.35. The molecule has 6 heteroatoms. The van der Waals surface area contributed by atoms with Crippen molar-refractivity contribution in [2.24, 2.45) is 0 Å². The zero-order valence-corrected chi connectivity index (χ0v) is 44.3. The fourth-order valence-corrected chi connectivity index (χ4v) is 7.03. The van der Waals surface area contributed by atoms with Crippen LogP contribution in [0.4, 0.5) is 0 Å². The van der Waals surface area contributed by atoms with Gasteiger partial charge < -0.3 is 14.2 Å². The lowest BCUT2D eigenvalue weighted by Crippen LogP contribution is -2.30. The lowest BCUT2D eigenvalue weighted by atomic mass is 10.1. The number of carbonyl (C=O) groups is 3. The van der Waals surface area contributed by atoms with Gasteiger partial charge in [-0.15, -0.1) is 0 Å². The van der Waals surface area contributed by atoms with Crippen LogP contribution < -0.4 is 0 Å². The molecule has 0 radical (unpaired) electrons. The van der Waals surface area contributed by atoms with E-state index in [1.807, 2.05) is 0 Å². The van der Waals surface area contributed by atoms with Crippen LogP contribution in [0.25, 0.3) is 0 Å². The van der Waals surface area contributed by atoms with Crippen molar-refractivity contribution in [3.05, 3.63) is 134 Å². The minimum absolute atomic E-state index is 0.123. The summed E-state index contributed by atoms with van der Waals surface area (Å²) in [6.45, 7) is 6.31. The molecule has 0 aromatic rings. The number of esters is 3. The van der Waals surface area contributed by atoms with Gasteiger partial charge >= 0.3 is 17.9 Å². The van der Waals surface area contributed by atoms with Crippen LogP contribution in [0.15, 0.2) is 134 Å². The van der Waals surface area contributed by atoms with Gasteiger partial charge in [-0.2, -0.15) is 0 Å². The molecule has 0 saturated carbocycles. The molecule has 0 heterocycles. The molecular weight excluding hydrogens is 853 g/mol. The van der Waals surface area contributed by atoms with E-state index in [9.17, 15) is 14.4 Å².